The topological polar surface area (TPSA) is 95.4 Å². The highest BCUT2D eigenvalue weighted by molar-refractivity contribution is 7.98. The number of imidazole rings is 1. The van der Waals surface area contributed by atoms with Crippen LogP contribution in [0, 0.1) is 11.8 Å². The Balaban J connectivity index is 1.26. The minimum absolute atomic E-state index is 0.0517. The van der Waals surface area contributed by atoms with Gasteiger partial charge < -0.3 is 24.3 Å². The maximum atomic E-state index is 12.8. The fraction of sp³-hybridized carbons (Fsp3) is 0.483. The number of rotatable bonds is 8. The highest BCUT2D eigenvalue weighted by atomic mass is 32.2. The van der Waals surface area contributed by atoms with Gasteiger partial charge in [-0.15, -0.1) is 0 Å². The van der Waals surface area contributed by atoms with Crippen LogP contribution in [-0.2, 0) is 27.4 Å². The predicted molar refractivity (Wildman–Crippen MR) is 153 cm³/mol. The summed E-state index contributed by atoms with van der Waals surface area (Å²) in [6, 6.07) is 8.56. The van der Waals surface area contributed by atoms with Crippen molar-refractivity contribution in [1.29, 1.82) is 0 Å². The number of aromatic nitrogens is 2. The van der Waals surface area contributed by atoms with E-state index < -0.39 is 18.0 Å². The predicted octanol–water partition coefficient (Wildman–Crippen LogP) is 2.69. The fourth-order valence-electron chi connectivity index (χ4n) is 6.60. The van der Waals surface area contributed by atoms with E-state index in [1.807, 2.05) is 13.1 Å². The van der Waals surface area contributed by atoms with Crippen molar-refractivity contribution in [3.05, 3.63) is 58.5 Å². The number of nitrogens with zero attached hydrogens (tertiary/aromatic N) is 4. The molecule has 3 aliphatic heterocycles. The van der Waals surface area contributed by atoms with Gasteiger partial charge in [0, 0.05) is 17.1 Å². The van der Waals surface area contributed by atoms with Gasteiger partial charge in [0.1, 0.15) is 38.1 Å². The molecule has 2 fully saturated rings. The number of likely N-dealkylation sites (N-methyl/N-ethyl adjacent to an activating group) is 1. The monoisotopic (exact) mass is 584 g/mol. The quantitative estimate of drug-likeness (QED) is 0.183. The molecule has 40 heavy (non-hydrogen) atoms. The lowest BCUT2D eigenvalue weighted by atomic mass is 9.77. The Kier molecular flexibility index (Phi) is 7.07. The van der Waals surface area contributed by atoms with E-state index in [2.05, 4.69) is 52.9 Å². The van der Waals surface area contributed by atoms with Crippen molar-refractivity contribution in [2.75, 3.05) is 39.6 Å². The molecule has 2 saturated heterocycles. The van der Waals surface area contributed by atoms with Crippen LogP contribution in [-0.4, -0.2) is 87.6 Å². The van der Waals surface area contributed by atoms with Gasteiger partial charge in [-0.1, -0.05) is 54.3 Å². The van der Waals surface area contributed by atoms with Crippen LogP contribution in [0.2, 0.25) is 0 Å². The second-order valence-corrected chi connectivity index (χ2v) is 13.4. The van der Waals surface area contributed by atoms with Crippen LogP contribution >= 0.6 is 23.1 Å². The lowest BCUT2D eigenvalue weighted by Gasteiger charge is -2.46. The van der Waals surface area contributed by atoms with Crippen LogP contribution in [0.1, 0.15) is 29.9 Å². The second kappa shape index (κ2) is 10.3. The maximum absolute atomic E-state index is 12.8. The summed E-state index contributed by atoms with van der Waals surface area (Å²) in [5.41, 5.74) is 3.28. The van der Waals surface area contributed by atoms with Crippen LogP contribution in [0.3, 0.4) is 0 Å². The van der Waals surface area contributed by atoms with Gasteiger partial charge in [-0.25, -0.2) is 9.36 Å². The number of aliphatic hydroxyl groups excluding tert-OH is 1. The number of quaternary nitrogens is 1. The standard InChI is InChI=1S/C29H35N4O5S2/c1-17-22(25(29(36)37)32-24(17)23(18(2)34)26(32)35)21-14-31-16-30(27(39-4)28(31)40-21)13-19-5-7-20(8-6-19)15-33(3)9-11-38-12-10-33/h5-8,14,16-18,23-24,34H,9-13,15H2,1-4H3/q+1/p+1/t17-,18+,23+,24+/m0/s1. The normalized spacial score (nSPS) is 24.9. The molecule has 3 aromatic rings. The third kappa shape index (κ3) is 4.48. The van der Waals surface area contributed by atoms with E-state index in [9.17, 15) is 19.8 Å². The molecule has 0 radical (unpaired) electrons. The van der Waals surface area contributed by atoms with Gasteiger partial charge in [-0.2, -0.15) is 4.40 Å². The zero-order chi connectivity index (χ0) is 28.3. The first kappa shape index (κ1) is 27.5. The van der Waals surface area contributed by atoms with Gasteiger partial charge >= 0.3 is 5.97 Å². The summed E-state index contributed by atoms with van der Waals surface area (Å²) in [4.78, 5) is 28.3. The molecule has 0 bridgehead atoms. The molecule has 212 valence electrons. The van der Waals surface area contributed by atoms with E-state index in [4.69, 9.17) is 4.74 Å². The lowest BCUT2D eigenvalue weighted by Crippen LogP contribution is -2.63. The molecule has 2 N–H and O–H groups in total. The number of morpholine rings is 1. The molecule has 6 rings (SSSR count). The third-order valence-electron chi connectivity index (χ3n) is 8.73. The SMILES string of the molecule is CSc1c2sc(C3=C(C(=O)O)N4C(=O)[C@H]([C@@H](C)O)[C@H]4[C@H]3C)cn2c[n+]1Cc1ccc(C[N+]2(C)CCOCC2)cc1. The molecule has 0 unspecified atom stereocenters. The minimum Gasteiger partial charge on any atom is -0.477 e. The summed E-state index contributed by atoms with van der Waals surface area (Å²) in [5.74, 6) is -2.16. The Morgan fingerprint density at radius 3 is 2.55 bits per heavy atom. The molecule has 1 aromatic carbocycles. The summed E-state index contributed by atoms with van der Waals surface area (Å²) >= 11 is 3.22. The highest BCUT2D eigenvalue weighted by Gasteiger charge is 2.60. The number of thiazole rings is 1. The van der Waals surface area contributed by atoms with E-state index in [1.165, 1.54) is 16.0 Å². The van der Waals surface area contributed by atoms with Crippen LogP contribution in [0.5, 0.6) is 0 Å². The first-order valence-corrected chi connectivity index (χ1v) is 15.7. The van der Waals surface area contributed by atoms with Crippen molar-refractivity contribution in [1.82, 2.24) is 9.30 Å². The van der Waals surface area contributed by atoms with Crippen molar-refractivity contribution in [2.45, 2.75) is 44.1 Å². The molecular formula is C29H36N4O5S2+2. The largest absolute Gasteiger partial charge is 0.477 e. The van der Waals surface area contributed by atoms with E-state index in [0.717, 1.165) is 58.6 Å². The first-order valence-electron chi connectivity index (χ1n) is 13.7. The number of aliphatic carboxylic acids is 1. The number of thioether (sulfide) groups is 1. The molecule has 0 saturated carbocycles. The maximum Gasteiger partial charge on any atom is 0.352 e. The summed E-state index contributed by atoms with van der Waals surface area (Å²) < 4.78 is 10.8. The minimum atomic E-state index is -1.10. The molecule has 1 amide bonds. The molecule has 0 aliphatic carbocycles. The van der Waals surface area contributed by atoms with E-state index in [0.29, 0.717) is 5.57 Å². The Labute approximate surface area is 241 Å². The molecular weight excluding hydrogens is 548 g/mol. The number of carbonyl (C=O) groups excluding carboxylic acids is 1. The Morgan fingerprint density at radius 2 is 1.93 bits per heavy atom. The number of amides is 1. The van der Waals surface area contributed by atoms with Gasteiger partial charge in [-0.3, -0.25) is 4.79 Å². The van der Waals surface area contributed by atoms with Crippen molar-refractivity contribution in [3.63, 3.8) is 0 Å². The molecule has 5 heterocycles. The van der Waals surface area contributed by atoms with Gasteiger partial charge in [0.2, 0.25) is 15.8 Å². The van der Waals surface area contributed by atoms with E-state index >= 15 is 0 Å². The third-order valence-corrected chi connectivity index (χ3v) is 10.8. The Morgan fingerprint density at radius 1 is 1.25 bits per heavy atom. The summed E-state index contributed by atoms with van der Waals surface area (Å²) in [7, 11) is 2.30. The van der Waals surface area contributed by atoms with E-state index in [-0.39, 0.29) is 23.6 Å². The number of fused-ring (bicyclic) bond motifs is 2. The number of carbonyl (C=O) groups is 2. The fourth-order valence-corrected chi connectivity index (χ4v) is 8.78. The lowest BCUT2D eigenvalue weighted by molar-refractivity contribution is -0.929. The summed E-state index contributed by atoms with van der Waals surface area (Å²) in [5, 5.41) is 21.3. The average Bonchev–Trinajstić information content (AvgIpc) is 3.52. The number of hydrogen-bond donors (Lipinski definition) is 2. The second-order valence-electron chi connectivity index (χ2n) is 11.5. The number of β-lactam (4-membered cyclic amide) rings is 1. The van der Waals surface area contributed by atoms with Crippen molar-refractivity contribution in [3.8, 4) is 0 Å². The smallest absolute Gasteiger partial charge is 0.352 e. The number of benzene rings is 1. The average molecular weight is 585 g/mol. The van der Waals surface area contributed by atoms with Crippen LogP contribution in [0.15, 0.2) is 47.5 Å². The molecule has 0 spiro atoms. The van der Waals surface area contributed by atoms with Crippen molar-refractivity contribution < 1.29 is 33.6 Å². The zero-order valence-corrected chi connectivity index (χ0v) is 24.9. The Hall–Kier alpha value is -2.70. The Bertz CT molecular complexity index is 1500. The van der Waals surface area contributed by atoms with Crippen molar-refractivity contribution in [2.24, 2.45) is 11.8 Å². The summed E-state index contributed by atoms with van der Waals surface area (Å²) in [6.45, 7) is 9.03. The van der Waals surface area contributed by atoms with Gasteiger partial charge in [0.15, 0.2) is 0 Å². The zero-order valence-electron chi connectivity index (χ0n) is 23.2. The van der Waals surface area contributed by atoms with Crippen LogP contribution < -0.4 is 4.57 Å². The van der Waals surface area contributed by atoms with E-state index in [1.54, 1.807) is 30.0 Å². The van der Waals surface area contributed by atoms with Crippen LogP contribution in [0.4, 0.5) is 0 Å². The molecule has 2 aromatic heterocycles. The number of ether oxygens (including phenoxy) is 1. The van der Waals surface area contributed by atoms with Gasteiger partial charge in [-0.05, 0) is 18.7 Å². The molecule has 3 aliphatic rings. The number of hydrogen-bond acceptors (Lipinski definition) is 6. The van der Waals surface area contributed by atoms with Gasteiger partial charge in [0.25, 0.3) is 6.33 Å². The number of aliphatic hydroxyl groups is 1. The molecule has 4 atom stereocenters. The number of carboxylic acid groups (broad SMARTS) is 1. The summed E-state index contributed by atoms with van der Waals surface area (Å²) in [6.07, 6.45) is 5.28. The first-order chi connectivity index (χ1) is 19.1. The van der Waals surface area contributed by atoms with Gasteiger partial charge in [0.05, 0.1) is 43.2 Å². The molecule has 11 heteroatoms. The van der Waals surface area contributed by atoms with Crippen molar-refractivity contribution >= 4 is 45.4 Å². The van der Waals surface area contributed by atoms with Crippen LogP contribution in [0.25, 0.3) is 10.4 Å². The number of carboxylic acids is 1. The highest BCUT2D eigenvalue weighted by Crippen LogP contribution is 2.51. The molecule has 9 nitrogen and oxygen atoms in total.